The third-order valence-electron chi connectivity index (χ3n) is 1.81. The highest BCUT2D eigenvalue weighted by Gasteiger charge is 2.04. The first kappa shape index (κ1) is 8.83. The number of fused-ring (bicyclic) bond motifs is 1. The molecule has 2 aromatic rings. The second-order valence-electron chi connectivity index (χ2n) is 2.77. The topological polar surface area (TPSA) is 72.0 Å². The fraction of sp³-hybridized carbons (Fsp3) is 0. The van der Waals surface area contributed by atoms with Crippen LogP contribution in [0.25, 0.3) is 10.9 Å². The summed E-state index contributed by atoms with van der Waals surface area (Å²) in [5.74, 6) is 0.372. The van der Waals surface area contributed by atoms with Gasteiger partial charge in [-0.15, -0.1) is 0 Å². The Hall–Kier alpha value is -1.75. The number of nitrogens with two attached hydrogens (primary N) is 1. The van der Waals surface area contributed by atoms with Gasteiger partial charge in [0.05, 0.1) is 0 Å². The molecule has 1 aromatic heterocycles. The summed E-state index contributed by atoms with van der Waals surface area (Å²) in [7, 11) is 0. The van der Waals surface area contributed by atoms with Crippen LogP contribution in [-0.2, 0) is 0 Å². The molecule has 0 spiro atoms. The maximum atomic E-state index is 9.50. The van der Waals surface area contributed by atoms with Crippen LogP contribution in [0.4, 0.5) is 0 Å². The lowest BCUT2D eigenvalue weighted by Crippen LogP contribution is -2.13. The highest BCUT2D eigenvalue weighted by Crippen LogP contribution is 2.20. The quantitative estimate of drug-likeness (QED) is 0.679. The third kappa shape index (κ3) is 1.38. The van der Waals surface area contributed by atoms with Crippen LogP contribution in [0.1, 0.15) is 5.82 Å². The lowest BCUT2D eigenvalue weighted by Gasteiger charge is -2.01. The smallest absolute Gasteiger partial charge is 0.187 e. The predicted molar refractivity (Wildman–Crippen MR) is 57.1 cm³/mol. The standard InChI is InChI=1S/C9H7N3OS/c10-8(14)9-11-4-5-2-1-3-6(13)7(5)12-9/h1-4,13H,(H2,10,14). The number of aromatic nitrogens is 2. The van der Waals surface area contributed by atoms with Gasteiger partial charge in [0.1, 0.15) is 16.3 Å². The molecule has 4 nitrogen and oxygen atoms in total. The van der Waals surface area contributed by atoms with Crippen LogP contribution in [0, 0.1) is 0 Å². The molecule has 0 saturated heterocycles. The number of rotatable bonds is 1. The Kier molecular flexibility index (Phi) is 2.01. The molecular weight excluding hydrogens is 198 g/mol. The van der Waals surface area contributed by atoms with Gasteiger partial charge in [0, 0.05) is 11.6 Å². The van der Waals surface area contributed by atoms with Gasteiger partial charge in [-0.3, -0.25) is 0 Å². The largest absolute Gasteiger partial charge is 0.506 e. The minimum absolute atomic E-state index is 0.0994. The Balaban J connectivity index is 2.76. The molecule has 1 aromatic carbocycles. The van der Waals surface area contributed by atoms with E-state index < -0.39 is 0 Å². The van der Waals surface area contributed by atoms with Crippen LogP contribution in [0.2, 0.25) is 0 Å². The summed E-state index contributed by atoms with van der Waals surface area (Å²) in [6.45, 7) is 0. The SMILES string of the molecule is NC(=S)c1ncc2cccc(O)c2n1. The van der Waals surface area contributed by atoms with E-state index in [9.17, 15) is 5.11 Å². The van der Waals surface area contributed by atoms with Crippen molar-refractivity contribution < 1.29 is 5.11 Å². The van der Waals surface area contributed by atoms with E-state index in [1.54, 1.807) is 24.4 Å². The molecule has 5 heteroatoms. The van der Waals surface area contributed by atoms with Gasteiger partial charge < -0.3 is 10.8 Å². The van der Waals surface area contributed by atoms with Gasteiger partial charge in [-0.1, -0.05) is 24.4 Å². The number of phenols is 1. The Morgan fingerprint density at radius 3 is 2.93 bits per heavy atom. The number of para-hydroxylation sites is 1. The molecule has 1 heterocycles. The van der Waals surface area contributed by atoms with Gasteiger partial charge in [0.25, 0.3) is 0 Å². The van der Waals surface area contributed by atoms with E-state index in [0.717, 1.165) is 5.39 Å². The van der Waals surface area contributed by atoms with Crippen molar-refractivity contribution in [2.75, 3.05) is 0 Å². The van der Waals surface area contributed by atoms with Crippen LogP contribution in [0.3, 0.4) is 0 Å². The normalized spacial score (nSPS) is 10.3. The second-order valence-corrected chi connectivity index (χ2v) is 3.21. The molecule has 14 heavy (non-hydrogen) atoms. The molecule has 0 radical (unpaired) electrons. The number of aromatic hydroxyl groups is 1. The second kappa shape index (κ2) is 3.19. The highest BCUT2D eigenvalue weighted by molar-refractivity contribution is 7.80. The van der Waals surface area contributed by atoms with Gasteiger partial charge in [0.15, 0.2) is 5.82 Å². The monoisotopic (exact) mass is 205 g/mol. The predicted octanol–water partition coefficient (Wildman–Crippen LogP) is 0.970. The Morgan fingerprint density at radius 1 is 1.43 bits per heavy atom. The van der Waals surface area contributed by atoms with Crippen molar-refractivity contribution in [2.24, 2.45) is 5.73 Å². The fourth-order valence-electron chi connectivity index (χ4n) is 1.16. The minimum Gasteiger partial charge on any atom is -0.506 e. The van der Waals surface area contributed by atoms with Crippen LogP contribution in [0.5, 0.6) is 5.75 Å². The molecule has 70 valence electrons. The Bertz CT molecular complexity index is 512. The third-order valence-corrected chi connectivity index (χ3v) is 1.99. The maximum Gasteiger partial charge on any atom is 0.187 e. The lowest BCUT2D eigenvalue weighted by molar-refractivity contribution is 0.480. The van der Waals surface area contributed by atoms with Crippen LogP contribution < -0.4 is 5.73 Å². The number of nitrogens with zero attached hydrogens (tertiary/aromatic N) is 2. The first-order valence-electron chi connectivity index (χ1n) is 3.93. The first-order valence-corrected chi connectivity index (χ1v) is 4.34. The molecule has 0 bridgehead atoms. The Morgan fingerprint density at radius 2 is 2.21 bits per heavy atom. The summed E-state index contributed by atoms with van der Waals surface area (Å²) in [6, 6.07) is 5.08. The Labute approximate surface area is 85.4 Å². The van der Waals surface area contributed by atoms with E-state index in [0.29, 0.717) is 5.52 Å². The molecular formula is C9H7N3OS. The van der Waals surface area contributed by atoms with Crippen molar-refractivity contribution in [3.63, 3.8) is 0 Å². The first-order chi connectivity index (χ1) is 6.68. The molecule has 0 atom stereocenters. The van der Waals surface area contributed by atoms with E-state index in [4.69, 9.17) is 18.0 Å². The fourth-order valence-corrected chi connectivity index (χ4v) is 1.26. The van der Waals surface area contributed by atoms with E-state index in [1.165, 1.54) is 0 Å². The van der Waals surface area contributed by atoms with Crippen molar-refractivity contribution in [2.45, 2.75) is 0 Å². The van der Waals surface area contributed by atoms with Crippen molar-refractivity contribution in [3.8, 4) is 5.75 Å². The van der Waals surface area contributed by atoms with Gasteiger partial charge in [-0.05, 0) is 6.07 Å². The molecule has 2 rings (SSSR count). The zero-order chi connectivity index (χ0) is 10.1. The average Bonchev–Trinajstić information content (AvgIpc) is 2.18. The van der Waals surface area contributed by atoms with Gasteiger partial charge in [0.2, 0.25) is 0 Å². The summed E-state index contributed by atoms with van der Waals surface area (Å²) in [4.78, 5) is 8.13. The number of benzene rings is 1. The zero-order valence-electron chi connectivity index (χ0n) is 7.14. The zero-order valence-corrected chi connectivity index (χ0v) is 7.95. The molecule has 0 aliphatic rings. The highest BCUT2D eigenvalue weighted by atomic mass is 32.1. The molecule has 0 fully saturated rings. The molecule has 0 saturated carbocycles. The van der Waals surface area contributed by atoms with Gasteiger partial charge in [-0.2, -0.15) is 0 Å². The lowest BCUT2D eigenvalue weighted by atomic mass is 10.2. The van der Waals surface area contributed by atoms with Crippen molar-refractivity contribution in [1.29, 1.82) is 0 Å². The number of thiocarbonyl (C=S) groups is 1. The molecule has 3 N–H and O–H groups in total. The van der Waals surface area contributed by atoms with E-state index >= 15 is 0 Å². The van der Waals surface area contributed by atoms with Crippen LogP contribution in [0.15, 0.2) is 24.4 Å². The maximum absolute atomic E-state index is 9.50. The van der Waals surface area contributed by atoms with E-state index in [-0.39, 0.29) is 16.6 Å². The number of hydrogen-bond donors (Lipinski definition) is 2. The summed E-state index contributed by atoms with van der Waals surface area (Å²) < 4.78 is 0. The molecule has 0 amide bonds. The van der Waals surface area contributed by atoms with Gasteiger partial charge in [-0.25, -0.2) is 9.97 Å². The summed E-state index contributed by atoms with van der Waals surface area (Å²) in [5.41, 5.74) is 5.84. The summed E-state index contributed by atoms with van der Waals surface area (Å²) in [5, 5.41) is 10.3. The van der Waals surface area contributed by atoms with Gasteiger partial charge >= 0.3 is 0 Å². The molecule has 0 aliphatic carbocycles. The summed E-state index contributed by atoms with van der Waals surface area (Å²) in [6.07, 6.45) is 1.58. The van der Waals surface area contributed by atoms with E-state index in [2.05, 4.69) is 9.97 Å². The number of hydrogen-bond acceptors (Lipinski definition) is 4. The van der Waals surface area contributed by atoms with Crippen LogP contribution >= 0.6 is 12.2 Å². The van der Waals surface area contributed by atoms with E-state index in [1.807, 2.05) is 0 Å². The van der Waals surface area contributed by atoms with Crippen LogP contribution in [-0.4, -0.2) is 20.1 Å². The molecule has 0 aliphatic heterocycles. The number of phenolic OH excluding ortho intramolecular Hbond substituents is 1. The average molecular weight is 205 g/mol. The minimum atomic E-state index is 0.0994. The van der Waals surface area contributed by atoms with Crippen molar-refractivity contribution >= 4 is 28.1 Å². The van der Waals surface area contributed by atoms with Crippen molar-refractivity contribution in [1.82, 2.24) is 9.97 Å². The summed E-state index contributed by atoms with van der Waals surface area (Å²) >= 11 is 4.74. The van der Waals surface area contributed by atoms with Crippen molar-refractivity contribution in [3.05, 3.63) is 30.2 Å². The molecule has 0 unspecified atom stereocenters.